The number of primary amides is 1. The molecule has 1 aliphatic rings. The van der Waals surface area contributed by atoms with Crippen LogP contribution in [-0.4, -0.2) is 25.4 Å². The van der Waals surface area contributed by atoms with Crippen molar-refractivity contribution < 1.29 is 9.18 Å². The van der Waals surface area contributed by atoms with Gasteiger partial charge in [0.1, 0.15) is 29.1 Å². The molecular formula is C21H21ClFN9O2. The fraction of sp³-hybridized carbons (Fsp3) is 0.333. The average Bonchev–Trinajstić information content (AvgIpc) is 3.59. The molecule has 0 unspecified atom stereocenters. The van der Waals surface area contributed by atoms with E-state index in [2.05, 4.69) is 20.3 Å². The van der Waals surface area contributed by atoms with E-state index >= 15 is 0 Å². The van der Waals surface area contributed by atoms with Crippen LogP contribution in [0.3, 0.4) is 0 Å². The lowest BCUT2D eigenvalue weighted by atomic mass is 10.1. The van der Waals surface area contributed by atoms with Gasteiger partial charge in [-0.1, -0.05) is 11.6 Å². The minimum atomic E-state index is -0.671. The van der Waals surface area contributed by atoms with Gasteiger partial charge in [0.25, 0.3) is 5.56 Å². The van der Waals surface area contributed by atoms with Crippen molar-refractivity contribution in [1.82, 2.24) is 19.5 Å². The standard InChI is InChI=1S/C21H21ClFN9O2/c22-13-7-10(23)6-11-16(13)29-19(32(20(11)34)5-1-2-14(25)33)15(9-3-4-9)28-18-12(8-24)17(26)30-21(27)31-18/h6-7,9,15H,1-5H2,(H2,25,33)(H5,26,27,28,30,31)/t15-/m0/s1. The van der Waals surface area contributed by atoms with Crippen LogP contribution in [0.4, 0.5) is 22.0 Å². The number of hydrogen-bond donors (Lipinski definition) is 4. The quantitative estimate of drug-likeness (QED) is 0.368. The summed E-state index contributed by atoms with van der Waals surface area (Å²) < 4.78 is 15.4. The van der Waals surface area contributed by atoms with E-state index in [1.54, 1.807) is 0 Å². The molecule has 2 aromatic heterocycles. The molecule has 0 radical (unpaired) electrons. The van der Waals surface area contributed by atoms with E-state index in [0.717, 1.165) is 25.0 Å². The maximum absolute atomic E-state index is 14.0. The molecule has 13 heteroatoms. The molecule has 0 saturated heterocycles. The second-order valence-corrected chi connectivity index (χ2v) is 8.45. The topological polar surface area (TPSA) is 192 Å². The molecule has 34 heavy (non-hydrogen) atoms. The average molecular weight is 486 g/mol. The van der Waals surface area contributed by atoms with Gasteiger partial charge in [0.2, 0.25) is 11.9 Å². The molecule has 4 rings (SSSR count). The van der Waals surface area contributed by atoms with Gasteiger partial charge in [-0.2, -0.15) is 15.2 Å². The summed E-state index contributed by atoms with van der Waals surface area (Å²) in [6.45, 7) is 0.109. The maximum Gasteiger partial charge on any atom is 0.261 e. The summed E-state index contributed by atoms with van der Waals surface area (Å²) in [5.41, 5.74) is 16.4. The van der Waals surface area contributed by atoms with Crippen molar-refractivity contribution in [2.75, 3.05) is 16.8 Å². The van der Waals surface area contributed by atoms with Crippen molar-refractivity contribution in [3.05, 3.63) is 44.7 Å². The first-order valence-corrected chi connectivity index (χ1v) is 10.8. The zero-order chi connectivity index (χ0) is 24.6. The highest BCUT2D eigenvalue weighted by atomic mass is 35.5. The highest BCUT2D eigenvalue weighted by Gasteiger charge is 2.37. The highest BCUT2D eigenvalue weighted by molar-refractivity contribution is 6.35. The van der Waals surface area contributed by atoms with E-state index in [4.69, 9.17) is 28.8 Å². The lowest BCUT2D eigenvalue weighted by molar-refractivity contribution is -0.118. The molecule has 2 heterocycles. The van der Waals surface area contributed by atoms with Gasteiger partial charge in [0, 0.05) is 13.0 Å². The van der Waals surface area contributed by atoms with E-state index in [1.165, 1.54) is 4.57 Å². The van der Waals surface area contributed by atoms with Crippen LogP contribution in [0.15, 0.2) is 16.9 Å². The number of nitrogen functional groups attached to an aromatic ring is 2. The number of rotatable bonds is 8. The van der Waals surface area contributed by atoms with Gasteiger partial charge in [-0.15, -0.1) is 0 Å². The predicted molar refractivity (Wildman–Crippen MR) is 124 cm³/mol. The second kappa shape index (κ2) is 9.11. The Morgan fingerprint density at radius 1 is 1.32 bits per heavy atom. The van der Waals surface area contributed by atoms with Gasteiger partial charge in [-0.3, -0.25) is 14.2 Å². The minimum Gasteiger partial charge on any atom is -0.382 e. The fourth-order valence-corrected chi connectivity index (χ4v) is 4.06. The van der Waals surface area contributed by atoms with E-state index in [1.807, 2.05) is 6.07 Å². The van der Waals surface area contributed by atoms with Crippen LogP contribution in [0.1, 0.15) is 43.1 Å². The van der Waals surface area contributed by atoms with Crippen LogP contribution in [0.5, 0.6) is 0 Å². The zero-order valence-corrected chi connectivity index (χ0v) is 18.6. The number of fused-ring (bicyclic) bond motifs is 1. The van der Waals surface area contributed by atoms with Gasteiger partial charge in [0.05, 0.1) is 22.0 Å². The summed E-state index contributed by atoms with van der Waals surface area (Å²) in [6, 6.07) is 3.53. The minimum absolute atomic E-state index is 0.00312. The Hall–Kier alpha value is -3.98. The number of carbonyl (C=O) groups excluding carboxylic acids is 1. The Kier molecular flexibility index (Phi) is 6.21. The number of carbonyl (C=O) groups is 1. The SMILES string of the molecule is N#Cc1c(N)nc(N)nc1N[C@H](c1nc2c(Cl)cc(F)cc2c(=O)n1CCCC(N)=O)C1CC1. The fourth-order valence-electron chi connectivity index (χ4n) is 3.81. The lowest BCUT2D eigenvalue weighted by Gasteiger charge is -2.24. The third-order valence-electron chi connectivity index (χ3n) is 5.54. The monoisotopic (exact) mass is 485 g/mol. The number of nitrogens with one attached hydrogen (secondary N) is 1. The smallest absolute Gasteiger partial charge is 0.261 e. The molecule has 1 saturated carbocycles. The number of aromatic nitrogens is 4. The molecule has 1 aromatic carbocycles. The number of anilines is 3. The predicted octanol–water partition coefficient (Wildman–Crippen LogP) is 1.84. The third kappa shape index (κ3) is 4.55. The van der Waals surface area contributed by atoms with Crippen LogP contribution in [0.2, 0.25) is 5.02 Å². The van der Waals surface area contributed by atoms with Gasteiger partial charge < -0.3 is 22.5 Å². The Morgan fingerprint density at radius 3 is 2.71 bits per heavy atom. The molecule has 3 aromatic rings. The summed E-state index contributed by atoms with van der Waals surface area (Å²) in [4.78, 5) is 37.2. The van der Waals surface area contributed by atoms with Crippen LogP contribution < -0.4 is 28.1 Å². The van der Waals surface area contributed by atoms with E-state index < -0.39 is 23.3 Å². The van der Waals surface area contributed by atoms with Crippen molar-refractivity contribution in [2.24, 2.45) is 11.7 Å². The molecule has 0 aliphatic heterocycles. The molecule has 1 aliphatic carbocycles. The van der Waals surface area contributed by atoms with Crippen molar-refractivity contribution in [3.63, 3.8) is 0 Å². The number of nitrogens with zero attached hydrogens (tertiary/aromatic N) is 5. The Bertz CT molecular complexity index is 1400. The maximum atomic E-state index is 14.0. The lowest BCUT2D eigenvalue weighted by Crippen LogP contribution is -2.31. The van der Waals surface area contributed by atoms with Crippen LogP contribution in [-0.2, 0) is 11.3 Å². The molecule has 0 spiro atoms. The highest BCUT2D eigenvalue weighted by Crippen LogP contribution is 2.43. The molecule has 0 bridgehead atoms. The van der Waals surface area contributed by atoms with Gasteiger partial charge >= 0.3 is 0 Å². The van der Waals surface area contributed by atoms with Crippen molar-refractivity contribution in [3.8, 4) is 6.07 Å². The second-order valence-electron chi connectivity index (χ2n) is 8.04. The number of hydrogen-bond acceptors (Lipinski definition) is 9. The molecule has 1 fully saturated rings. The van der Waals surface area contributed by atoms with E-state index in [9.17, 15) is 19.2 Å². The van der Waals surface area contributed by atoms with Crippen LogP contribution >= 0.6 is 11.6 Å². The first kappa shape index (κ1) is 23.2. The number of halogens is 2. The molecule has 11 nitrogen and oxygen atoms in total. The van der Waals surface area contributed by atoms with Crippen LogP contribution in [0, 0.1) is 23.1 Å². The Morgan fingerprint density at radius 2 is 2.06 bits per heavy atom. The number of amides is 1. The van der Waals surface area contributed by atoms with E-state index in [0.29, 0.717) is 5.82 Å². The van der Waals surface area contributed by atoms with Gasteiger partial charge in [0.15, 0.2) is 5.82 Å². The van der Waals surface area contributed by atoms with E-state index in [-0.39, 0.29) is 64.4 Å². The molecular weight excluding hydrogens is 465 g/mol. The first-order valence-electron chi connectivity index (χ1n) is 10.5. The van der Waals surface area contributed by atoms with Gasteiger partial charge in [-0.25, -0.2) is 9.37 Å². The normalized spacial score (nSPS) is 14.0. The number of benzene rings is 1. The largest absolute Gasteiger partial charge is 0.382 e. The summed E-state index contributed by atoms with van der Waals surface area (Å²) in [5.74, 6) is -0.941. The van der Waals surface area contributed by atoms with Gasteiger partial charge in [-0.05, 0) is 37.3 Å². The first-order chi connectivity index (χ1) is 16.2. The Balaban J connectivity index is 1.89. The molecule has 176 valence electrons. The summed E-state index contributed by atoms with van der Waals surface area (Å²) in [5, 5.41) is 12.7. The van der Waals surface area contributed by atoms with Crippen molar-refractivity contribution >= 4 is 46.0 Å². The molecule has 1 amide bonds. The number of nitrogens with two attached hydrogens (primary N) is 3. The molecule has 1 atom stereocenters. The summed E-state index contributed by atoms with van der Waals surface area (Å²) >= 11 is 6.22. The van der Waals surface area contributed by atoms with Crippen molar-refractivity contribution in [1.29, 1.82) is 5.26 Å². The summed E-state index contributed by atoms with van der Waals surface area (Å²) in [7, 11) is 0. The molecule has 7 N–H and O–H groups in total. The van der Waals surface area contributed by atoms with Crippen molar-refractivity contribution in [2.45, 2.75) is 38.3 Å². The van der Waals surface area contributed by atoms with Crippen LogP contribution in [0.25, 0.3) is 10.9 Å². The summed E-state index contributed by atoms with van der Waals surface area (Å²) in [6.07, 6.45) is 1.96. The Labute approximate surface area is 197 Å². The third-order valence-corrected chi connectivity index (χ3v) is 5.83. The number of nitriles is 1. The zero-order valence-electron chi connectivity index (χ0n) is 17.9.